The molecule has 0 unspecified atom stereocenters. The third-order valence-electron chi connectivity index (χ3n) is 4.90. The molecule has 3 N–H and O–H groups in total. The van der Waals surface area contributed by atoms with Gasteiger partial charge in [-0.1, -0.05) is 19.1 Å². The smallest absolute Gasteiger partial charge is 0.213 e. The summed E-state index contributed by atoms with van der Waals surface area (Å²) in [5.41, 5.74) is 13.3. The molecule has 0 fully saturated rings. The molecule has 2 aromatic rings. The van der Waals surface area contributed by atoms with Gasteiger partial charge in [0.1, 0.15) is 12.4 Å². The van der Waals surface area contributed by atoms with Gasteiger partial charge in [0.25, 0.3) is 0 Å². The quantitative estimate of drug-likeness (QED) is 0.546. The van der Waals surface area contributed by atoms with Crippen LogP contribution in [0.3, 0.4) is 0 Å². The minimum atomic E-state index is 0.515. The van der Waals surface area contributed by atoms with Crippen molar-refractivity contribution in [1.82, 2.24) is 0 Å². The van der Waals surface area contributed by atoms with Crippen molar-refractivity contribution in [2.75, 3.05) is 26.5 Å². The summed E-state index contributed by atoms with van der Waals surface area (Å²) in [6.07, 6.45) is 0.966. The fraction of sp³-hybridized carbons (Fsp3) is 0.348. The molecule has 0 saturated heterocycles. The average Bonchev–Trinajstić information content (AvgIpc) is 2.72. The van der Waals surface area contributed by atoms with Crippen LogP contribution in [0.15, 0.2) is 47.0 Å². The van der Waals surface area contributed by atoms with Crippen LogP contribution in [0, 0.1) is 6.92 Å². The summed E-state index contributed by atoms with van der Waals surface area (Å²) in [5.74, 6) is 1.38. The Kier molecular flexibility index (Phi) is 7.50. The molecule has 0 spiro atoms. The van der Waals surface area contributed by atoms with Crippen molar-refractivity contribution in [3.05, 3.63) is 64.2 Å². The zero-order chi connectivity index (χ0) is 20.7. The molecule has 28 heavy (non-hydrogen) atoms. The van der Waals surface area contributed by atoms with Crippen LogP contribution < -0.4 is 15.8 Å². The monoisotopic (exact) mass is 381 g/mol. The lowest BCUT2D eigenvalue weighted by Gasteiger charge is -2.16. The van der Waals surface area contributed by atoms with Crippen LogP contribution in [0.2, 0.25) is 0 Å². The number of nitrogens with zero attached hydrogens (tertiary/aromatic N) is 1. The van der Waals surface area contributed by atoms with Gasteiger partial charge in [0, 0.05) is 36.6 Å². The number of hydrogen-bond donors (Lipinski definition) is 2. The summed E-state index contributed by atoms with van der Waals surface area (Å²) in [5, 5.41) is 3.25. The van der Waals surface area contributed by atoms with Crippen LogP contribution in [0.25, 0.3) is 5.70 Å². The van der Waals surface area contributed by atoms with Crippen LogP contribution in [-0.4, -0.2) is 27.1 Å². The predicted octanol–water partition coefficient (Wildman–Crippen LogP) is 4.54. The number of methoxy groups -OCH3 is 1. The van der Waals surface area contributed by atoms with Gasteiger partial charge in [-0.25, -0.2) is 0 Å². The van der Waals surface area contributed by atoms with Crippen LogP contribution in [0.4, 0.5) is 5.69 Å². The van der Waals surface area contributed by atoms with Crippen molar-refractivity contribution in [3.8, 4) is 5.75 Å². The lowest BCUT2D eigenvalue weighted by Crippen LogP contribution is -2.10. The fourth-order valence-electron chi connectivity index (χ4n) is 3.24. The van der Waals surface area contributed by atoms with Gasteiger partial charge >= 0.3 is 0 Å². The number of nitrogens with one attached hydrogen (secondary N) is 1. The molecule has 0 bridgehead atoms. The Bertz CT molecular complexity index is 863. The lowest BCUT2D eigenvalue weighted by atomic mass is 10.0. The third kappa shape index (κ3) is 4.66. The van der Waals surface area contributed by atoms with Crippen LogP contribution >= 0.6 is 0 Å². The molecule has 2 rings (SSSR count). The summed E-state index contributed by atoms with van der Waals surface area (Å²) < 4.78 is 11.4. The van der Waals surface area contributed by atoms with E-state index in [1.54, 1.807) is 14.2 Å². The van der Waals surface area contributed by atoms with Crippen molar-refractivity contribution < 1.29 is 9.47 Å². The highest BCUT2D eigenvalue weighted by molar-refractivity contribution is 6.00. The first-order chi connectivity index (χ1) is 13.5. The Balaban J connectivity index is 2.26. The van der Waals surface area contributed by atoms with E-state index < -0.39 is 0 Å². The van der Waals surface area contributed by atoms with Crippen molar-refractivity contribution in [1.29, 1.82) is 0 Å². The van der Waals surface area contributed by atoms with E-state index in [0.29, 0.717) is 18.2 Å². The third-order valence-corrected chi connectivity index (χ3v) is 4.90. The number of ether oxygens (including phenoxy) is 2. The van der Waals surface area contributed by atoms with Crippen molar-refractivity contribution in [3.63, 3.8) is 0 Å². The Morgan fingerprint density at radius 3 is 2.54 bits per heavy atom. The second kappa shape index (κ2) is 9.83. The van der Waals surface area contributed by atoms with E-state index >= 15 is 0 Å². The van der Waals surface area contributed by atoms with E-state index in [-0.39, 0.29) is 0 Å². The summed E-state index contributed by atoms with van der Waals surface area (Å²) in [7, 11) is 5.21. The van der Waals surface area contributed by atoms with Crippen LogP contribution in [-0.2, 0) is 17.8 Å². The van der Waals surface area contributed by atoms with E-state index in [1.807, 2.05) is 39.1 Å². The average molecular weight is 382 g/mol. The molecule has 150 valence electrons. The Morgan fingerprint density at radius 1 is 1.21 bits per heavy atom. The van der Waals surface area contributed by atoms with E-state index in [2.05, 4.69) is 35.4 Å². The van der Waals surface area contributed by atoms with Gasteiger partial charge in [-0.3, -0.25) is 4.99 Å². The summed E-state index contributed by atoms with van der Waals surface area (Å²) in [6, 6.07) is 12.3. The second-order valence-electron chi connectivity index (χ2n) is 6.59. The van der Waals surface area contributed by atoms with Gasteiger partial charge in [0.15, 0.2) is 0 Å². The van der Waals surface area contributed by atoms with Gasteiger partial charge in [-0.2, -0.15) is 0 Å². The molecule has 0 aromatic heterocycles. The second-order valence-corrected chi connectivity index (χ2v) is 6.59. The molecule has 0 atom stereocenters. The molecular formula is C23H31N3O2. The van der Waals surface area contributed by atoms with Crippen LogP contribution in [0.5, 0.6) is 5.75 Å². The molecule has 2 aromatic carbocycles. The van der Waals surface area contributed by atoms with Gasteiger partial charge in [0.05, 0.1) is 7.11 Å². The van der Waals surface area contributed by atoms with Gasteiger partial charge in [0.2, 0.25) is 5.90 Å². The van der Waals surface area contributed by atoms with Crippen LogP contribution in [0.1, 0.15) is 36.1 Å². The molecule has 0 radical (unpaired) electrons. The maximum Gasteiger partial charge on any atom is 0.213 e. The first-order valence-electron chi connectivity index (χ1n) is 9.46. The number of aryl methyl sites for hydroxylation is 2. The SMILES string of the molecule is CCc1cccc(NC)c1COc1ccc(C(N)=C(C)C(=NC)OC)cc1C. The zero-order valence-electron chi connectivity index (χ0n) is 17.7. The minimum Gasteiger partial charge on any atom is -0.489 e. The summed E-state index contributed by atoms with van der Waals surface area (Å²) >= 11 is 0. The molecule has 0 aliphatic heterocycles. The summed E-state index contributed by atoms with van der Waals surface area (Å²) in [6.45, 7) is 6.60. The number of benzene rings is 2. The normalized spacial score (nSPS) is 12.4. The molecule has 0 heterocycles. The van der Waals surface area contributed by atoms with Gasteiger partial charge in [-0.15, -0.1) is 0 Å². The molecule has 0 aliphatic carbocycles. The number of nitrogens with two attached hydrogens (primary N) is 1. The largest absolute Gasteiger partial charge is 0.489 e. The molecule has 0 aliphatic rings. The van der Waals surface area contributed by atoms with Crippen molar-refractivity contribution in [2.45, 2.75) is 33.8 Å². The number of anilines is 1. The van der Waals surface area contributed by atoms with E-state index in [1.165, 1.54) is 11.1 Å². The van der Waals surface area contributed by atoms with E-state index in [9.17, 15) is 0 Å². The van der Waals surface area contributed by atoms with Crippen molar-refractivity contribution >= 4 is 17.3 Å². The topological polar surface area (TPSA) is 68.9 Å². The number of hydrogen-bond acceptors (Lipinski definition) is 5. The molecular weight excluding hydrogens is 350 g/mol. The van der Waals surface area contributed by atoms with Crippen molar-refractivity contribution in [2.24, 2.45) is 10.7 Å². The molecule has 0 saturated carbocycles. The van der Waals surface area contributed by atoms with Gasteiger partial charge < -0.3 is 20.5 Å². The first kappa shape index (κ1) is 21.4. The maximum absolute atomic E-state index is 6.32. The number of rotatable bonds is 7. The Labute approximate surface area is 168 Å². The first-order valence-corrected chi connectivity index (χ1v) is 9.46. The maximum atomic E-state index is 6.32. The molecule has 5 nitrogen and oxygen atoms in total. The zero-order valence-corrected chi connectivity index (χ0v) is 17.7. The van der Waals surface area contributed by atoms with E-state index in [0.717, 1.165) is 34.6 Å². The standard InChI is InChI=1S/C23H31N3O2/c1-7-17-9-8-10-20(25-4)19(17)14-28-21-12-11-18(13-15(21)2)22(24)16(3)23(26-5)27-6/h8-13,25H,7,14,24H2,1-6H3. The Morgan fingerprint density at radius 2 is 1.96 bits per heavy atom. The lowest BCUT2D eigenvalue weighted by molar-refractivity contribution is 0.303. The summed E-state index contributed by atoms with van der Waals surface area (Å²) in [4.78, 5) is 4.11. The van der Waals surface area contributed by atoms with E-state index in [4.69, 9.17) is 15.2 Å². The fourth-order valence-corrected chi connectivity index (χ4v) is 3.24. The predicted molar refractivity (Wildman–Crippen MR) is 118 cm³/mol. The molecule has 0 amide bonds. The van der Waals surface area contributed by atoms with Gasteiger partial charge in [-0.05, 0) is 61.2 Å². The molecule has 5 heteroatoms. The highest BCUT2D eigenvalue weighted by atomic mass is 16.5. The highest BCUT2D eigenvalue weighted by Crippen LogP contribution is 2.27. The number of aliphatic imine (C=N–C) groups is 1. The minimum absolute atomic E-state index is 0.515. The Hall–Kier alpha value is -2.95. The highest BCUT2D eigenvalue weighted by Gasteiger charge is 2.12.